The van der Waals surface area contributed by atoms with Crippen molar-refractivity contribution in [2.24, 2.45) is 0 Å². The predicted octanol–water partition coefficient (Wildman–Crippen LogP) is 4.67. The molecular weight excluding hydrogens is 264 g/mol. The van der Waals surface area contributed by atoms with E-state index in [-0.39, 0.29) is 0 Å². The summed E-state index contributed by atoms with van der Waals surface area (Å²) in [4.78, 5) is 12.7. The lowest BCUT2D eigenvalue weighted by atomic mass is 10.2. The van der Waals surface area contributed by atoms with Crippen LogP contribution in [0, 0.1) is 0 Å². The number of allylic oxidation sites excluding steroid dienone is 1. The topological polar surface area (TPSA) is 17.1 Å². The minimum Gasteiger partial charge on any atom is -0.297 e. The van der Waals surface area contributed by atoms with Gasteiger partial charge < -0.3 is 0 Å². The van der Waals surface area contributed by atoms with Crippen molar-refractivity contribution in [3.63, 3.8) is 0 Å². The SMILES string of the molecule is O=C/C(=C/c1ccccc1)Sc1ccc(Cl)cc1. The van der Waals surface area contributed by atoms with Crippen LogP contribution < -0.4 is 0 Å². The van der Waals surface area contributed by atoms with Gasteiger partial charge in [0.25, 0.3) is 0 Å². The first-order valence-electron chi connectivity index (χ1n) is 5.43. The van der Waals surface area contributed by atoms with E-state index < -0.39 is 0 Å². The molecule has 0 spiro atoms. The van der Waals surface area contributed by atoms with Crippen LogP contribution in [0.3, 0.4) is 0 Å². The van der Waals surface area contributed by atoms with Crippen LogP contribution in [0.25, 0.3) is 6.08 Å². The zero-order chi connectivity index (χ0) is 12.8. The molecule has 0 heterocycles. The summed E-state index contributed by atoms with van der Waals surface area (Å²) in [6, 6.07) is 17.2. The van der Waals surface area contributed by atoms with Gasteiger partial charge in [-0.25, -0.2) is 0 Å². The Morgan fingerprint density at radius 2 is 1.67 bits per heavy atom. The van der Waals surface area contributed by atoms with Gasteiger partial charge in [0, 0.05) is 9.92 Å². The second-order valence-corrected chi connectivity index (χ2v) is 5.21. The molecule has 0 aromatic heterocycles. The van der Waals surface area contributed by atoms with Crippen molar-refractivity contribution in [2.45, 2.75) is 4.90 Å². The molecular formula is C15H11ClOS. The van der Waals surface area contributed by atoms with Gasteiger partial charge in [-0.15, -0.1) is 0 Å². The molecule has 0 aliphatic rings. The third-order valence-corrected chi connectivity index (χ3v) is 3.48. The molecule has 0 saturated heterocycles. The van der Waals surface area contributed by atoms with E-state index in [1.54, 1.807) is 0 Å². The monoisotopic (exact) mass is 274 g/mol. The number of thioether (sulfide) groups is 1. The summed E-state index contributed by atoms with van der Waals surface area (Å²) in [5, 5.41) is 0.694. The fraction of sp³-hybridized carbons (Fsp3) is 0. The quantitative estimate of drug-likeness (QED) is 0.458. The zero-order valence-electron chi connectivity index (χ0n) is 9.55. The molecule has 0 fully saturated rings. The van der Waals surface area contributed by atoms with E-state index in [9.17, 15) is 4.79 Å². The summed E-state index contributed by atoms with van der Waals surface area (Å²) in [5.41, 5.74) is 1.01. The number of carbonyl (C=O) groups is 1. The van der Waals surface area contributed by atoms with Crippen LogP contribution in [-0.2, 0) is 4.79 Å². The Morgan fingerprint density at radius 3 is 2.28 bits per heavy atom. The largest absolute Gasteiger partial charge is 0.297 e. The van der Waals surface area contributed by atoms with Gasteiger partial charge in [-0.2, -0.15) is 0 Å². The predicted molar refractivity (Wildman–Crippen MR) is 77.8 cm³/mol. The molecule has 1 nitrogen and oxygen atoms in total. The van der Waals surface area contributed by atoms with Gasteiger partial charge in [0.05, 0.1) is 4.91 Å². The molecule has 0 unspecified atom stereocenters. The summed E-state index contributed by atoms with van der Waals surface area (Å²) in [7, 11) is 0. The molecule has 3 heteroatoms. The van der Waals surface area contributed by atoms with Crippen molar-refractivity contribution >= 4 is 35.7 Å². The summed E-state index contributed by atoms with van der Waals surface area (Å²) in [6.45, 7) is 0. The number of hydrogen-bond acceptors (Lipinski definition) is 2. The van der Waals surface area contributed by atoms with E-state index in [4.69, 9.17) is 11.6 Å². The van der Waals surface area contributed by atoms with Gasteiger partial charge in [-0.05, 0) is 35.9 Å². The van der Waals surface area contributed by atoms with Crippen molar-refractivity contribution in [1.82, 2.24) is 0 Å². The molecule has 0 radical (unpaired) electrons. The second kappa shape index (κ2) is 6.43. The van der Waals surface area contributed by atoms with E-state index in [0.717, 1.165) is 16.7 Å². The highest BCUT2D eigenvalue weighted by Crippen LogP contribution is 2.27. The van der Waals surface area contributed by atoms with Crippen LogP contribution >= 0.6 is 23.4 Å². The van der Waals surface area contributed by atoms with Crippen molar-refractivity contribution < 1.29 is 4.79 Å². The minimum absolute atomic E-state index is 0.670. The normalized spacial score (nSPS) is 11.3. The second-order valence-electron chi connectivity index (χ2n) is 3.63. The highest BCUT2D eigenvalue weighted by molar-refractivity contribution is 8.04. The standard InChI is InChI=1S/C15H11ClOS/c16-13-6-8-14(9-7-13)18-15(11-17)10-12-4-2-1-3-5-12/h1-11H/b15-10-. The molecule has 2 aromatic carbocycles. The number of halogens is 1. The average molecular weight is 275 g/mol. The van der Waals surface area contributed by atoms with Gasteiger partial charge in [0.15, 0.2) is 6.29 Å². The number of rotatable bonds is 4. The smallest absolute Gasteiger partial charge is 0.156 e. The third-order valence-electron chi connectivity index (χ3n) is 2.27. The number of hydrogen-bond donors (Lipinski definition) is 0. The summed E-state index contributed by atoms with van der Waals surface area (Å²) in [5.74, 6) is 0. The van der Waals surface area contributed by atoms with Crippen LogP contribution in [-0.4, -0.2) is 6.29 Å². The maximum atomic E-state index is 11.1. The van der Waals surface area contributed by atoms with Gasteiger partial charge in [0.1, 0.15) is 0 Å². The van der Waals surface area contributed by atoms with Crippen molar-refractivity contribution in [1.29, 1.82) is 0 Å². The average Bonchev–Trinajstić information content (AvgIpc) is 2.41. The number of carbonyl (C=O) groups excluding carboxylic acids is 1. The van der Waals surface area contributed by atoms with Crippen molar-refractivity contribution in [2.75, 3.05) is 0 Å². The van der Waals surface area contributed by atoms with Crippen LogP contribution in [0.1, 0.15) is 5.56 Å². The van der Waals surface area contributed by atoms with Gasteiger partial charge in [-0.1, -0.05) is 53.7 Å². The number of aldehydes is 1. The molecule has 0 aliphatic heterocycles. The molecule has 0 aliphatic carbocycles. The Bertz CT molecular complexity index is 546. The Morgan fingerprint density at radius 1 is 1.00 bits per heavy atom. The van der Waals surface area contributed by atoms with Crippen LogP contribution in [0.2, 0.25) is 5.02 Å². The highest BCUT2D eigenvalue weighted by atomic mass is 35.5. The Kier molecular flexibility index (Phi) is 4.62. The Hall–Kier alpha value is -1.51. The molecule has 0 saturated carbocycles. The summed E-state index contributed by atoms with van der Waals surface area (Å²) >= 11 is 7.25. The van der Waals surface area contributed by atoms with Crippen molar-refractivity contribution in [3.8, 4) is 0 Å². The fourth-order valence-electron chi connectivity index (χ4n) is 1.44. The highest BCUT2D eigenvalue weighted by Gasteiger charge is 2.00. The molecule has 90 valence electrons. The zero-order valence-corrected chi connectivity index (χ0v) is 11.1. The molecule has 0 N–H and O–H groups in total. The molecule has 0 atom stereocenters. The molecule has 18 heavy (non-hydrogen) atoms. The van der Waals surface area contributed by atoms with Crippen LogP contribution in [0.4, 0.5) is 0 Å². The summed E-state index contributed by atoms with van der Waals surface area (Å²) < 4.78 is 0. The van der Waals surface area contributed by atoms with Gasteiger partial charge >= 0.3 is 0 Å². The number of benzene rings is 2. The molecule has 2 aromatic rings. The van der Waals surface area contributed by atoms with Gasteiger partial charge in [0.2, 0.25) is 0 Å². The third kappa shape index (κ3) is 3.76. The lowest BCUT2D eigenvalue weighted by Gasteiger charge is -2.01. The maximum absolute atomic E-state index is 11.1. The summed E-state index contributed by atoms with van der Waals surface area (Å²) in [6.07, 6.45) is 2.73. The van der Waals surface area contributed by atoms with Crippen LogP contribution in [0.15, 0.2) is 64.4 Å². The molecule has 0 amide bonds. The maximum Gasteiger partial charge on any atom is 0.156 e. The van der Waals surface area contributed by atoms with E-state index >= 15 is 0 Å². The first-order valence-corrected chi connectivity index (χ1v) is 6.63. The first kappa shape index (κ1) is 12.9. The van der Waals surface area contributed by atoms with E-state index in [1.807, 2.05) is 60.7 Å². The Balaban J connectivity index is 2.17. The molecule has 2 rings (SSSR count). The van der Waals surface area contributed by atoms with E-state index in [0.29, 0.717) is 9.93 Å². The fourth-order valence-corrected chi connectivity index (χ4v) is 2.35. The van der Waals surface area contributed by atoms with Gasteiger partial charge in [-0.3, -0.25) is 4.79 Å². The lowest BCUT2D eigenvalue weighted by Crippen LogP contribution is -1.80. The minimum atomic E-state index is 0.670. The van der Waals surface area contributed by atoms with Crippen molar-refractivity contribution in [3.05, 3.63) is 70.1 Å². The van der Waals surface area contributed by atoms with E-state index in [2.05, 4.69) is 0 Å². The first-order chi connectivity index (χ1) is 8.78. The molecule has 0 bridgehead atoms. The lowest BCUT2D eigenvalue weighted by molar-refractivity contribution is -0.104. The van der Waals surface area contributed by atoms with E-state index in [1.165, 1.54) is 11.8 Å². The van der Waals surface area contributed by atoms with Crippen LogP contribution in [0.5, 0.6) is 0 Å². The Labute approximate surface area is 115 Å².